The third kappa shape index (κ3) is 2.28. The Kier molecular flexibility index (Phi) is 3.37. The summed E-state index contributed by atoms with van der Waals surface area (Å²) in [6.07, 6.45) is 3.97. The van der Waals surface area contributed by atoms with Gasteiger partial charge in [-0.15, -0.1) is 0 Å². The maximum atomic E-state index is 9.11. The van der Waals surface area contributed by atoms with Gasteiger partial charge < -0.3 is 5.32 Å². The van der Waals surface area contributed by atoms with Crippen LogP contribution in [0.1, 0.15) is 37.4 Å². The fourth-order valence-electron chi connectivity index (χ4n) is 2.75. The molecule has 4 nitrogen and oxygen atoms in total. The first-order valence-corrected chi connectivity index (χ1v) is 6.31. The highest BCUT2D eigenvalue weighted by atomic mass is 15.3. The molecule has 1 saturated carbocycles. The minimum atomic E-state index is 0.679. The second kappa shape index (κ2) is 4.79. The van der Waals surface area contributed by atoms with Gasteiger partial charge in [0.25, 0.3) is 0 Å². The Bertz CT molecular complexity index is 441. The number of nitrogens with one attached hydrogen (secondary N) is 1. The summed E-state index contributed by atoms with van der Waals surface area (Å²) in [5.41, 5.74) is 1.48. The molecule has 0 spiro atoms. The first kappa shape index (κ1) is 12.0. The summed E-state index contributed by atoms with van der Waals surface area (Å²) in [6.45, 7) is 5.15. The van der Waals surface area contributed by atoms with E-state index in [-0.39, 0.29) is 0 Å². The van der Waals surface area contributed by atoms with Crippen LogP contribution < -0.4 is 5.32 Å². The predicted octanol–water partition coefficient (Wildman–Crippen LogP) is 2.45. The van der Waals surface area contributed by atoms with Gasteiger partial charge in [0.1, 0.15) is 17.5 Å². The molecule has 0 radical (unpaired) electrons. The Hall–Kier alpha value is -1.50. The van der Waals surface area contributed by atoms with E-state index in [9.17, 15) is 0 Å². The lowest BCUT2D eigenvalue weighted by atomic mass is 9.98. The second-order valence-electron chi connectivity index (χ2n) is 5.09. The van der Waals surface area contributed by atoms with Gasteiger partial charge in [-0.3, -0.25) is 4.68 Å². The van der Waals surface area contributed by atoms with Crippen LogP contribution in [0.2, 0.25) is 0 Å². The molecule has 92 valence electrons. The monoisotopic (exact) mass is 232 g/mol. The molecule has 1 heterocycles. The third-order valence-corrected chi connectivity index (χ3v) is 3.90. The van der Waals surface area contributed by atoms with Crippen molar-refractivity contribution in [2.75, 3.05) is 11.9 Å². The van der Waals surface area contributed by atoms with Crippen LogP contribution in [0.4, 0.5) is 5.82 Å². The van der Waals surface area contributed by atoms with Crippen molar-refractivity contribution in [2.24, 2.45) is 18.9 Å². The standard InChI is InChI=1S/C13H20N4/c1-9-5-4-6-11(9)8-15-13-12(7-14)10(2)16-17(13)3/h9,11,15H,4-6,8H2,1-3H3. The number of nitriles is 1. The van der Waals surface area contributed by atoms with Crippen LogP contribution in [0, 0.1) is 30.1 Å². The van der Waals surface area contributed by atoms with E-state index in [1.807, 2.05) is 14.0 Å². The summed E-state index contributed by atoms with van der Waals surface area (Å²) < 4.78 is 1.77. The maximum Gasteiger partial charge on any atom is 0.142 e. The molecule has 1 N–H and O–H groups in total. The SMILES string of the molecule is Cc1nn(C)c(NCC2CCCC2C)c1C#N. The summed E-state index contributed by atoms with van der Waals surface area (Å²) in [5.74, 6) is 2.39. The lowest BCUT2D eigenvalue weighted by Crippen LogP contribution is -2.18. The van der Waals surface area contributed by atoms with Gasteiger partial charge in [0.2, 0.25) is 0 Å². The number of aryl methyl sites for hydroxylation is 2. The van der Waals surface area contributed by atoms with Crippen LogP contribution in [-0.2, 0) is 7.05 Å². The largest absolute Gasteiger partial charge is 0.369 e. The normalized spacial score (nSPS) is 23.6. The van der Waals surface area contributed by atoms with E-state index in [1.54, 1.807) is 4.68 Å². The molecule has 1 aromatic rings. The van der Waals surface area contributed by atoms with Crippen LogP contribution >= 0.6 is 0 Å². The average molecular weight is 232 g/mol. The van der Waals surface area contributed by atoms with Gasteiger partial charge in [-0.25, -0.2) is 0 Å². The van der Waals surface area contributed by atoms with Gasteiger partial charge in [0.15, 0.2) is 0 Å². The van der Waals surface area contributed by atoms with Crippen molar-refractivity contribution in [3.8, 4) is 6.07 Å². The second-order valence-corrected chi connectivity index (χ2v) is 5.09. The van der Waals surface area contributed by atoms with E-state index >= 15 is 0 Å². The zero-order valence-electron chi connectivity index (χ0n) is 10.8. The molecule has 2 unspecified atom stereocenters. The molecule has 0 amide bonds. The van der Waals surface area contributed by atoms with Gasteiger partial charge in [-0.05, 0) is 25.2 Å². The molecule has 1 aliphatic rings. The van der Waals surface area contributed by atoms with E-state index in [0.29, 0.717) is 5.56 Å². The summed E-state index contributed by atoms with van der Waals surface area (Å²) in [6, 6.07) is 2.23. The van der Waals surface area contributed by atoms with Gasteiger partial charge >= 0.3 is 0 Å². The number of hydrogen-bond donors (Lipinski definition) is 1. The molecular weight excluding hydrogens is 212 g/mol. The lowest BCUT2D eigenvalue weighted by molar-refractivity contribution is 0.438. The Morgan fingerprint density at radius 1 is 1.53 bits per heavy atom. The Balaban J connectivity index is 2.06. The summed E-state index contributed by atoms with van der Waals surface area (Å²) >= 11 is 0. The molecule has 0 aromatic carbocycles. The zero-order valence-corrected chi connectivity index (χ0v) is 10.8. The van der Waals surface area contributed by atoms with Crippen LogP contribution in [-0.4, -0.2) is 16.3 Å². The molecule has 1 aliphatic carbocycles. The minimum Gasteiger partial charge on any atom is -0.369 e. The quantitative estimate of drug-likeness (QED) is 0.871. The highest BCUT2D eigenvalue weighted by Gasteiger charge is 2.23. The van der Waals surface area contributed by atoms with Gasteiger partial charge in [0.05, 0.1) is 5.69 Å². The van der Waals surface area contributed by atoms with E-state index in [4.69, 9.17) is 5.26 Å². The summed E-state index contributed by atoms with van der Waals surface area (Å²) in [4.78, 5) is 0. The van der Waals surface area contributed by atoms with Crippen LogP contribution in [0.15, 0.2) is 0 Å². The maximum absolute atomic E-state index is 9.11. The molecule has 17 heavy (non-hydrogen) atoms. The number of hydrogen-bond acceptors (Lipinski definition) is 3. The Labute approximate surface area is 103 Å². The number of nitrogens with zero attached hydrogens (tertiary/aromatic N) is 3. The van der Waals surface area contributed by atoms with Gasteiger partial charge in [-0.2, -0.15) is 10.4 Å². The smallest absolute Gasteiger partial charge is 0.142 e. The van der Waals surface area contributed by atoms with E-state index in [1.165, 1.54) is 19.3 Å². The fourth-order valence-corrected chi connectivity index (χ4v) is 2.75. The van der Waals surface area contributed by atoms with E-state index < -0.39 is 0 Å². The molecule has 0 bridgehead atoms. The number of aromatic nitrogens is 2. The van der Waals surface area contributed by atoms with Crippen molar-refractivity contribution in [1.82, 2.24) is 9.78 Å². The predicted molar refractivity (Wildman–Crippen MR) is 67.7 cm³/mol. The molecule has 0 saturated heterocycles. The summed E-state index contributed by atoms with van der Waals surface area (Å²) in [5, 5.41) is 16.8. The van der Waals surface area contributed by atoms with Crippen LogP contribution in [0.3, 0.4) is 0 Å². The number of rotatable bonds is 3. The molecule has 1 aromatic heterocycles. The lowest BCUT2D eigenvalue weighted by Gasteiger charge is -2.16. The van der Waals surface area contributed by atoms with E-state index in [2.05, 4.69) is 23.4 Å². The fraction of sp³-hybridized carbons (Fsp3) is 0.692. The summed E-state index contributed by atoms with van der Waals surface area (Å²) in [7, 11) is 1.88. The number of anilines is 1. The first-order chi connectivity index (χ1) is 8.13. The topological polar surface area (TPSA) is 53.6 Å². The highest BCUT2D eigenvalue weighted by molar-refractivity contribution is 5.54. The molecule has 2 atom stereocenters. The first-order valence-electron chi connectivity index (χ1n) is 6.31. The highest BCUT2D eigenvalue weighted by Crippen LogP contribution is 2.31. The molecule has 0 aliphatic heterocycles. The molecule has 2 rings (SSSR count). The average Bonchev–Trinajstić information content (AvgIpc) is 2.80. The zero-order chi connectivity index (χ0) is 12.4. The van der Waals surface area contributed by atoms with Crippen molar-refractivity contribution in [2.45, 2.75) is 33.1 Å². The minimum absolute atomic E-state index is 0.679. The van der Waals surface area contributed by atoms with Crippen molar-refractivity contribution in [1.29, 1.82) is 5.26 Å². The Morgan fingerprint density at radius 3 is 2.88 bits per heavy atom. The van der Waals surface area contributed by atoms with Crippen molar-refractivity contribution in [3.05, 3.63) is 11.3 Å². The van der Waals surface area contributed by atoms with Gasteiger partial charge in [-0.1, -0.05) is 19.8 Å². The van der Waals surface area contributed by atoms with E-state index in [0.717, 1.165) is 29.9 Å². The third-order valence-electron chi connectivity index (χ3n) is 3.90. The molecular formula is C13H20N4. The van der Waals surface area contributed by atoms with Crippen molar-refractivity contribution < 1.29 is 0 Å². The molecule has 4 heteroatoms. The Morgan fingerprint density at radius 2 is 2.29 bits per heavy atom. The van der Waals surface area contributed by atoms with Crippen molar-refractivity contribution in [3.63, 3.8) is 0 Å². The molecule has 1 fully saturated rings. The van der Waals surface area contributed by atoms with Crippen LogP contribution in [0.5, 0.6) is 0 Å². The van der Waals surface area contributed by atoms with Gasteiger partial charge in [0, 0.05) is 13.6 Å². The van der Waals surface area contributed by atoms with Crippen molar-refractivity contribution >= 4 is 5.82 Å². The van der Waals surface area contributed by atoms with Crippen LogP contribution in [0.25, 0.3) is 0 Å².